The molecule has 2 aliphatic rings. The molecule has 130 valence electrons. The number of aryl methyl sites for hydroxylation is 1. The van der Waals surface area contributed by atoms with E-state index in [0.29, 0.717) is 5.92 Å². The molecule has 1 aromatic carbocycles. The average molecular weight is 326 g/mol. The maximum Gasteiger partial charge on any atom is 0.490 e. The highest BCUT2D eigenvalue weighted by atomic mass is 16.7. The van der Waals surface area contributed by atoms with E-state index in [0.717, 1.165) is 12.8 Å². The number of rotatable bonds is 4. The van der Waals surface area contributed by atoms with Crippen LogP contribution in [0.25, 0.3) is 0 Å². The first kappa shape index (κ1) is 17.8. The molecular weight excluding hydrogens is 295 g/mol. The molecule has 1 saturated heterocycles. The van der Waals surface area contributed by atoms with Crippen LogP contribution in [0.4, 0.5) is 0 Å². The highest BCUT2D eigenvalue weighted by Gasteiger charge is 2.52. The van der Waals surface area contributed by atoms with Crippen molar-refractivity contribution in [2.45, 2.75) is 83.8 Å². The smallest absolute Gasteiger partial charge is 0.400 e. The molecule has 0 spiro atoms. The Morgan fingerprint density at radius 1 is 1.04 bits per heavy atom. The number of benzene rings is 1. The second kappa shape index (κ2) is 6.69. The van der Waals surface area contributed by atoms with Crippen molar-refractivity contribution in [2.24, 2.45) is 0 Å². The first-order valence-electron chi connectivity index (χ1n) is 9.46. The second-order valence-corrected chi connectivity index (χ2v) is 8.33. The standard InChI is InChI=1S/C21H31BO2/c1-6-7-16-8-10-17(11-9-16)18-12-14-19(15-13-18)22-23-20(2,3)21(4,5)24-22/h8-11,14,18H,6-7,12-13,15H2,1-5H3. The largest absolute Gasteiger partial charge is 0.490 e. The van der Waals surface area contributed by atoms with Gasteiger partial charge in [-0.2, -0.15) is 0 Å². The summed E-state index contributed by atoms with van der Waals surface area (Å²) >= 11 is 0. The molecule has 0 bridgehead atoms. The zero-order valence-corrected chi connectivity index (χ0v) is 15.9. The Balaban J connectivity index is 1.64. The van der Waals surface area contributed by atoms with Gasteiger partial charge in [0.2, 0.25) is 0 Å². The quantitative estimate of drug-likeness (QED) is 0.684. The van der Waals surface area contributed by atoms with Gasteiger partial charge in [0.1, 0.15) is 0 Å². The minimum atomic E-state index is -0.246. The zero-order chi connectivity index (χ0) is 17.4. The summed E-state index contributed by atoms with van der Waals surface area (Å²) in [4.78, 5) is 0. The van der Waals surface area contributed by atoms with Gasteiger partial charge in [0.25, 0.3) is 0 Å². The van der Waals surface area contributed by atoms with Gasteiger partial charge in [0.15, 0.2) is 0 Å². The summed E-state index contributed by atoms with van der Waals surface area (Å²) in [6.45, 7) is 10.7. The molecule has 0 saturated carbocycles. The van der Waals surface area contributed by atoms with Gasteiger partial charge in [-0.05, 0) is 75.9 Å². The minimum absolute atomic E-state index is 0.164. The Morgan fingerprint density at radius 2 is 1.67 bits per heavy atom. The van der Waals surface area contributed by atoms with Crippen LogP contribution in [0.5, 0.6) is 0 Å². The number of allylic oxidation sites excluding steroid dienone is 2. The molecule has 0 N–H and O–H groups in total. The Kier molecular flexibility index (Phi) is 4.95. The molecule has 2 nitrogen and oxygen atoms in total. The van der Waals surface area contributed by atoms with Crippen molar-refractivity contribution in [2.75, 3.05) is 0 Å². The van der Waals surface area contributed by atoms with Crippen LogP contribution in [-0.4, -0.2) is 18.3 Å². The Bertz CT molecular complexity index is 585. The molecule has 1 fully saturated rings. The van der Waals surface area contributed by atoms with Gasteiger partial charge in [0, 0.05) is 0 Å². The normalized spacial score (nSPS) is 25.6. The van der Waals surface area contributed by atoms with E-state index in [1.54, 1.807) is 0 Å². The van der Waals surface area contributed by atoms with Crippen molar-refractivity contribution < 1.29 is 9.31 Å². The lowest BCUT2D eigenvalue weighted by Gasteiger charge is -2.32. The number of hydrogen-bond donors (Lipinski definition) is 0. The monoisotopic (exact) mass is 326 g/mol. The topological polar surface area (TPSA) is 18.5 Å². The van der Waals surface area contributed by atoms with Crippen molar-refractivity contribution in [3.8, 4) is 0 Å². The van der Waals surface area contributed by atoms with Crippen molar-refractivity contribution in [3.05, 3.63) is 46.9 Å². The van der Waals surface area contributed by atoms with Gasteiger partial charge in [0.05, 0.1) is 11.2 Å². The van der Waals surface area contributed by atoms with E-state index in [1.807, 2.05) is 0 Å². The Morgan fingerprint density at radius 3 is 2.17 bits per heavy atom. The van der Waals surface area contributed by atoms with Crippen molar-refractivity contribution in [1.82, 2.24) is 0 Å². The zero-order valence-electron chi connectivity index (χ0n) is 15.9. The lowest BCUT2D eigenvalue weighted by Crippen LogP contribution is -2.41. The lowest BCUT2D eigenvalue weighted by atomic mass is 9.69. The molecule has 3 heteroatoms. The summed E-state index contributed by atoms with van der Waals surface area (Å²) < 4.78 is 12.4. The third-order valence-corrected chi connectivity index (χ3v) is 5.99. The molecule has 1 aromatic rings. The predicted molar refractivity (Wildman–Crippen MR) is 101 cm³/mol. The highest BCUT2D eigenvalue weighted by Crippen LogP contribution is 2.41. The fourth-order valence-electron chi connectivity index (χ4n) is 3.61. The summed E-state index contributed by atoms with van der Waals surface area (Å²) in [5.74, 6) is 0.631. The molecule has 0 amide bonds. The maximum atomic E-state index is 6.20. The fourth-order valence-corrected chi connectivity index (χ4v) is 3.61. The molecule has 1 atom stereocenters. The van der Waals surface area contributed by atoms with Crippen LogP contribution >= 0.6 is 0 Å². The average Bonchev–Trinajstić information content (AvgIpc) is 2.77. The third-order valence-electron chi connectivity index (χ3n) is 5.99. The molecule has 1 aliphatic carbocycles. The highest BCUT2D eigenvalue weighted by molar-refractivity contribution is 6.54. The van der Waals surface area contributed by atoms with E-state index in [4.69, 9.17) is 9.31 Å². The van der Waals surface area contributed by atoms with Gasteiger partial charge in [-0.25, -0.2) is 0 Å². The SMILES string of the molecule is CCCc1ccc(C2CC=C(B3OC(C)(C)C(C)(C)O3)CC2)cc1. The summed E-state index contributed by atoms with van der Waals surface area (Å²) in [6, 6.07) is 9.24. The van der Waals surface area contributed by atoms with Crippen molar-refractivity contribution >= 4 is 7.12 Å². The molecule has 3 rings (SSSR count). The van der Waals surface area contributed by atoms with Crippen LogP contribution in [-0.2, 0) is 15.7 Å². The Labute approximate surface area is 147 Å². The van der Waals surface area contributed by atoms with E-state index in [9.17, 15) is 0 Å². The first-order valence-corrected chi connectivity index (χ1v) is 9.46. The molecule has 0 aromatic heterocycles. The van der Waals surface area contributed by atoms with Crippen LogP contribution in [0.3, 0.4) is 0 Å². The summed E-state index contributed by atoms with van der Waals surface area (Å²) in [5, 5.41) is 0. The third kappa shape index (κ3) is 3.48. The van der Waals surface area contributed by atoms with Gasteiger partial charge in [-0.15, -0.1) is 0 Å². The summed E-state index contributed by atoms with van der Waals surface area (Å²) in [5.41, 5.74) is 3.76. The van der Waals surface area contributed by atoms with Gasteiger partial charge >= 0.3 is 7.12 Å². The Hall–Kier alpha value is -1.06. The first-order chi connectivity index (χ1) is 11.3. The van der Waals surface area contributed by atoms with Crippen LogP contribution in [0.1, 0.15) is 77.3 Å². The van der Waals surface area contributed by atoms with Crippen LogP contribution in [0.2, 0.25) is 0 Å². The predicted octanol–water partition coefficient (Wildman–Crippen LogP) is 5.46. The van der Waals surface area contributed by atoms with E-state index in [-0.39, 0.29) is 18.3 Å². The van der Waals surface area contributed by atoms with Crippen LogP contribution < -0.4 is 0 Å². The summed E-state index contributed by atoms with van der Waals surface area (Å²) in [6.07, 6.45) is 8.09. The second-order valence-electron chi connectivity index (χ2n) is 8.33. The lowest BCUT2D eigenvalue weighted by molar-refractivity contribution is 0.00578. The van der Waals surface area contributed by atoms with E-state index < -0.39 is 0 Å². The minimum Gasteiger partial charge on any atom is -0.400 e. The van der Waals surface area contributed by atoms with E-state index in [2.05, 4.69) is 65.0 Å². The van der Waals surface area contributed by atoms with Crippen molar-refractivity contribution in [3.63, 3.8) is 0 Å². The molecule has 1 heterocycles. The molecule has 24 heavy (non-hydrogen) atoms. The molecule has 1 aliphatic heterocycles. The van der Waals surface area contributed by atoms with Gasteiger partial charge in [-0.1, -0.05) is 43.7 Å². The molecule has 1 unspecified atom stereocenters. The van der Waals surface area contributed by atoms with Crippen molar-refractivity contribution in [1.29, 1.82) is 0 Å². The fraction of sp³-hybridized carbons (Fsp3) is 0.619. The van der Waals surface area contributed by atoms with Gasteiger partial charge < -0.3 is 9.31 Å². The van der Waals surface area contributed by atoms with E-state index in [1.165, 1.54) is 35.9 Å². The molecular formula is C21H31BO2. The molecule has 0 radical (unpaired) electrons. The van der Waals surface area contributed by atoms with E-state index >= 15 is 0 Å². The number of hydrogen-bond acceptors (Lipinski definition) is 2. The maximum absolute atomic E-state index is 6.20. The van der Waals surface area contributed by atoms with Crippen LogP contribution in [0, 0.1) is 0 Å². The van der Waals surface area contributed by atoms with Crippen LogP contribution in [0.15, 0.2) is 35.8 Å². The summed E-state index contributed by atoms with van der Waals surface area (Å²) in [7, 11) is -0.164. The van der Waals surface area contributed by atoms with Gasteiger partial charge in [-0.3, -0.25) is 0 Å².